The molecule has 3 aromatic heterocycles. The monoisotopic (exact) mass is 350 g/mol. The van der Waals surface area contributed by atoms with E-state index in [-0.39, 0.29) is 17.4 Å². The summed E-state index contributed by atoms with van der Waals surface area (Å²) in [7, 11) is 0. The first-order valence-electron chi connectivity index (χ1n) is 7.26. The molecule has 0 aromatic carbocycles. The fourth-order valence-corrected chi connectivity index (χ4v) is 2.19. The molecule has 0 aliphatic heterocycles. The van der Waals surface area contributed by atoms with E-state index < -0.39 is 12.1 Å². The number of nitrogens with one attached hydrogen (secondary N) is 1. The van der Waals surface area contributed by atoms with E-state index in [0.717, 1.165) is 11.3 Å². The molecular weight excluding hydrogens is 337 g/mol. The highest BCUT2D eigenvalue weighted by Gasteiger charge is 2.38. The lowest BCUT2D eigenvalue weighted by atomic mass is 10.1. The molecule has 0 aliphatic rings. The molecule has 25 heavy (non-hydrogen) atoms. The number of aryl methyl sites for hydroxylation is 1. The van der Waals surface area contributed by atoms with Crippen LogP contribution in [0.2, 0.25) is 0 Å². The second-order valence-corrected chi connectivity index (χ2v) is 5.29. The minimum Gasteiger partial charge on any atom is -0.346 e. The second kappa shape index (κ2) is 6.46. The van der Waals surface area contributed by atoms with Crippen molar-refractivity contribution in [3.05, 3.63) is 47.9 Å². The topological polar surface area (TPSA) is 89.6 Å². The first-order chi connectivity index (χ1) is 11.8. The van der Waals surface area contributed by atoms with Gasteiger partial charge in [-0.05, 0) is 25.5 Å². The molecule has 3 rings (SSSR count). The predicted molar refractivity (Wildman–Crippen MR) is 81.3 cm³/mol. The van der Waals surface area contributed by atoms with E-state index in [1.54, 1.807) is 6.20 Å². The van der Waals surface area contributed by atoms with Crippen molar-refractivity contribution in [1.82, 2.24) is 25.1 Å². The van der Waals surface area contributed by atoms with Gasteiger partial charge in [0.25, 0.3) is 0 Å². The zero-order valence-corrected chi connectivity index (χ0v) is 13.2. The number of rotatable bonds is 4. The summed E-state index contributed by atoms with van der Waals surface area (Å²) in [5.41, 5.74) is 2.08. The summed E-state index contributed by atoms with van der Waals surface area (Å²) in [4.78, 5) is 15.7. The van der Waals surface area contributed by atoms with E-state index in [0.29, 0.717) is 5.95 Å². The largest absolute Gasteiger partial charge is 0.471 e. The van der Waals surface area contributed by atoms with E-state index in [4.69, 9.17) is 0 Å². The number of hydrogen-bond donors (Lipinski definition) is 1. The molecular formula is C15H13F3N6O. The lowest BCUT2D eigenvalue weighted by Crippen LogP contribution is -2.12. The van der Waals surface area contributed by atoms with Crippen molar-refractivity contribution >= 4 is 5.95 Å². The molecule has 0 amide bonds. The summed E-state index contributed by atoms with van der Waals surface area (Å²) < 4.78 is 41.6. The lowest BCUT2D eigenvalue weighted by molar-refractivity contribution is -0.159. The second-order valence-electron chi connectivity index (χ2n) is 5.29. The molecule has 0 radical (unpaired) electrons. The number of hydrogen-bond acceptors (Lipinski definition) is 7. The molecule has 0 saturated carbocycles. The van der Waals surface area contributed by atoms with Gasteiger partial charge in [0.2, 0.25) is 11.8 Å². The summed E-state index contributed by atoms with van der Waals surface area (Å²) >= 11 is 0. The number of anilines is 1. The highest BCUT2D eigenvalue weighted by Crippen LogP contribution is 2.29. The Hall–Kier alpha value is -3.04. The standard InChI is InChI=1S/C15H13F3N6O/c1-8-4-3-5-19-11(8)9(2)22-14-20-6-10(7-21-14)12-23-13(25-24-12)15(16,17)18/h3-7,9H,1-2H3,(H,20,21,22). The van der Waals surface area contributed by atoms with E-state index in [9.17, 15) is 13.2 Å². The molecule has 0 saturated heterocycles. The maximum absolute atomic E-state index is 12.5. The molecule has 1 unspecified atom stereocenters. The Morgan fingerprint density at radius 3 is 2.48 bits per heavy atom. The van der Waals surface area contributed by atoms with Crippen LogP contribution in [-0.4, -0.2) is 25.1 Å². The SMILES string of the molecule is Cc1cccnc1C(C)Nc1ncc(-c2noc(C(F)(F)F)n2)cn1. The lowest BCUT2D eigenvalue weighted by Gasteiger charge is -2.15. The van der Waals surface area contributed by atoms with Gasteiger partial charge in [0.05, 0.1) is 17.3 Å². The molecule has 10 heteroatoms. The Balaban J connectivity index is 1.74. The smallest absolute Gasteiger partial charge is 0.346 e. The quantitative estimate of drug-likeness (QED) is 0.771. The Bertz CT molecular complexity index is 862. The third-order valence-corrected chi connectivity index (χ3v) is 3.38. The molecule has 0 aliphatic carbocycles. The first kappa shape index (κ1) is 16.8. The van der Waals surface area contributed by atoms with Gasteiger partial charge >= 0.3 is 12.1 Å². The Labute approximate surface area is 140 Å². The zero-order chi connectivity index (χ0) is 18.0. The van der Waals surface area contributed by atoms with Gasteiger partial charge < -0.3 is 9.84 Å². The molecule has 3 aromatic rings. The van der Waals surface area contributed by atoms with Crippen LogP contribution in [0.25, 0.3) is 11.4 Å². The minimum absolute atomic E-state index is 0.144. The van der Waals surface area contributed by atoms with Gasteiger partial charge in [-0.15, -0.1) is 0 Å². The Morgan fingerprint density at radius 1 is 1.16 bits per heavy atom. The summed E-state index contributed by atoms with van der Waals surface area (Å²) in [6, 6.07) is 3.64. The van der Waals surface area contributed by atoms with Crippen molar-refractivity contribution < 1.29 is 17.7 Å². The minimum atomic E-state index is -4.69. The van der Waals surface area contributed by atoms with Crippen molar-refractivity contribution in [2.45, 2.75) is 26.1 Å². The van der Waals surface area contributed by atoms with Crippen molar-refractivity contribution in [3.63, 3.8) is 0 Å². The fraction of sp³-hybridized carbons (Fsp3) is 0.267. The van der Waals surface area contributed by atoms with Crippen LogP contribution >= 0.6 is 0 Å². The average Bonchev–Trinajstić information content (AvgIpc) is 3.06. The molecule has 1 atom stereocenters. The summed E-state index contributed by atoms with van der Waals surface area (Å²) in [6.45, 7) is 3.85. The van der Waals surface area contributed by atoms with Crippen LogP contribution < -0.4 is 5.32 Å². The van der Waals surface area contributed by atoms with Crippen LogP contribution in [0, 0.1) is 6.92 Å². The summed E-state index contributed by atoms with van der Waals surface area (Å²) in [5.74, 6) is -1.34. The molecule has 130 valence electrons. The van der Waals surface area contributed by atoms with Crippen molar-refractivity contribution in [2.75, 3.05) is 5.32 Å². The van der Waals surface area contributed by atoms with Crippen molar-refractivity contribution in [3.8, 4) is 11.4 Å². The fourth-order valence-electron chi connectivity index (χ4n) is 2.19. The first-order valence-corrected chi connectivity index (χ1v) is 7.26. The van der Waals surface area contributed by atoms with Gasteiger partial charge in [-0.3, -0.25) is 4.98 Å². The highest BCUT2D eigenvalue weighted by atomic mass is 19.4. The maximum atomic E-state index is 12.5. The molecule has 1 N–H and O–H groups in total. The summed E-state index contributed by atoms with van der Waals surface area (Å²) in [5, 5.41) is 6.36. The van der Waals surface area contributed by atoms with Crippen LogP contribution in [0.4, 0.5) is 19.1 Å². The normalized spacial score (nSPS) is 12.8. The van der Waals surface area contributed by atoms with E-state index >= 15 is 0 Å². The predicted octanol–water partition coefficient (Wildman–Crippen LogP) is 3.42. The highest BCUT2D eigenvalue weighted by molar-refractivity contribution is 5.52. The van der Waals surface area contributed by atoms with Gasteiger partial charge in [0.15, 0.2) is 0 Å². The Kier molecular flexibility index (Phi) is 4.34. The summed E-state index contributed by atoms with van der Waals surface area (Å²) in [6.07, 6.45) is -0.362. The van der Waals surface area contributed by atoms with Gasteiger partial charge in [-0.2, -0.15) is 18.2 Å². The zero-order valence-electron chi connectivity index (χ0n) is 13.2. The van der Waals surface area contributed by atoms with Crippen LogP contribution in [0.5, 0.6) is 0 Å². The Morgan fingerprint density at radius 2 is 1.88 bits per heavy atom. The molecule has 0 spiro atoms. The average molecular weight is 350 g/mol. The van der Waals surface area contributed by atoms with Crippen LogP contribution in [0.1, 0.15) is 30.1 Å². The van der Waals surface area contributed by atoms with E-state index in [1.807, 2.05) is 26.0 Å². The van der Waals surface area contributed by atoms with E-state index in [2.05, 4.69) is 34.9 Å². The number of alkyl halides is 3. The number of pyridine rings is 1. The van der Waals surface area contributed by atoms with Gasteiger partial charge in [0.1, 0.15) is 0 Å². The molecule has 3 heterocycles. The van der Waals surface area contributed by atoms with Crippen LogP contribution in [0.3, 0.4) is 0 Å². The maximum Gasteiger partial charge on any atom is 0.471 e. The molecule has 0 bridgehead atoms. The number of halogens is 3. The third-order valence-electron chi connectivity index (χ3n) is 3.38. The van der Waals surface area contributed by atoms with Gasteiger partial charge in [0, 0.05) is 18.6 Å². The van der Waals surface area contributed by atoms with E-state index in [1.165, 1.54) is 12.4 Å². The molecule has 7 nitrogen and oxygen atoms in total. The van der Waals surface area contributed by atoms with Crippen LogP contribution in [-0.2, 0) is 6.18 Å². The van der Waals surface area contributed by atoms with Crippen molar-refractivity contribution in [2.24, 2.45) is 0 Å². The third kappa shape index (κ3) is 3.73. The number of aromatic nitrogens is 5. The van der Waals surface area contributed by atoms with Gasteiger partial charge in [-0.25, -0.2) is 9.97 Å². The van der Waals surface area contributed by atoms with Gasteiger partial charge in [-0.1, -0.05) is 11.2 Å². The van der Waals surface area contributed by atoms with Crippen molar-refractivity contribution in [1.29, 1.82) is 0 Å². The van der Waals surface area contributed by atoms with Crippen LogP contribution in [0.15, 0.2) is 35.2 Å². The molecule has 0 fully saturated rings. The number of nitrogens with zero attached hydrogens (tertiary/aromatic N) is 5.